The molecule has 3 rings (SSSR count). The first-order valence-electron chi connectivity index (χ1n) is 4.88. The molecule has 0 bridgehead atoms. The van der Waals surface area contributed by atoms with Gasteiger partial charge in [-0.1, -0.05) is 18.2 Å². The number of fused-ring (bicyclic) bond motifs is 2. The molecule has 76 valence electrons. The van der Waals surface area contributed by atoms with Crippen molar-refractivity contribution in [3.05, 3.63) is 48.5 Å². The molecule has 0 aliphatic rings. The van der Waals surface area contributed by atoms with Crippen molar-refractivity contribution in [1.29, 1.82) is 0 Å². The minimum absolute atomic E-state index is 0. The molecule has 1 aromatic heterocycles. The van der Waals surface area contributed by atoms with Crippen LogP contribution >= 0.6 is 0 Å². The first kappa shape index (κ1) is 11.2. The molecule has 0 radical (unpaired) electrons. The summed E-state index contributed by atoms with van der Waals surface area (Å²) in [5.41, 5.74) is 8.53. The van der Waals surface area contributed by atoms with Gasteiger partial charge in [0.15, 0.2) is 0 Å². The van der Waals surface area contributed by atoms with Crippen LogP contribution in [-0.4, -0.2) is 28.0 Å². The van der Waals surface area contributed by atoms with Crippen molar-refractivity contribution in [2.45, 2.75) is 0 Å². The van der Waals surface area contributed by atoms with E-state index >= 15 is 0 Å². The third kappa shape index (κ3) is 1.84. The number of hydrogen-bond donors (Lipinski definition) is 1. The monoisotopic (exact) mass is 220 g/mol. The van der Waals surface area contributed by atoms with Gasteiger partial charge in [0, 0.05) is 16.5 Å². The summed E-state index contributed by atoms with van der Waals surface area (Å²) in [6, 6.07) is 16.0. The third-order valence-corrected chi connectivity index (χ3v) is 2.54. The second-order valence-corrected chi connectivity index (χ2v) is 3.63. The number of nitrogens with two attached hydrogens (primary N) is 1. The topological polar surface area (TPSA) is 38.9 Å². The zero-order chi connectivity index (χ0) is 10.3. The predicted octanol–water partition coefficient (Wildman–Crippen LogP) is 2.81. The van der Waals surface area contributed by atoms with Gasteiger partial charge in [-0.3, -0.25) is 0 Å². The van der Waals surface area contributed by atoms with Gasteiger partial charge in [0.2, 0.25) is 0 Å². The molecule has 3 heteroatoms. The number of pyridine rings is 1. The Kier molecular flexibility index (Phi) is 2.98. The Morgan fingerprint density at radius 3 is 2.50 bits per heavy atom. The number of aromatic nitrogens is 1. The fourth-order valence-electron chi connectivity index (χ4n) is 1.80. The van der Waals surface area contributed by atoms with E-state index in [2.05, 4.69) is 17.1 Å². The van der Waals surface area contributed by atoms with Crippen molar-refractivity contribution in [2.75, 3.05) is 5.73 Å². The van der Waals surface area contributed by atoms with E-state index in [1.54, 1.807) is 0 Å². The van der Waals surface area contributed by atoms with Crippen LogP contribution in [0.1, 0.15) is 2.85 Å². The normalized spacial score (nSPS) is 10.2. The SMILES string of the molecule is Nc1ccc2nc3ccccc3cc2c1.[H-].[H-].[Mg+2]. The Bertz CT molecular complexity index is 659. The maximum atomic E-state index is 5.74. The number of nitrogen functional groups attached to an aromatic ring is 1. The van der Waals surface area contributed by atoms with Gasteiger partial charge < -0.3 is 8.59 Å². The summed E-state index contributed by atoms with van der Waals surface area (Å²) in [5.74, 6) is 0. The van der Waals surface area contributed by atoms with Crippen LogP contribution < -0.4 is 5.73 Å². The van der Waals surface area contributed by atoms with Crippen molar-refractivity contribution in [2.24, 2.45) is 0 Å². The van der Waals surface area contributed by atoms with Crippen LogP contribution in [0.3, 0.4) is 0 Å². The van der Waals surface area contributed by atoms with E-state index in [-0.39, 0.29) is 25.9 Å². The molecule has 0 aliphatic carbocycles. The summed E-state index contributed by atoms with van der Waals surface area (Å²) in [5, 5.41) is 2.24. The maximum Gasteiger partial charge on any atom is 2.00 e. The number of para-hydroxylation sites is 1. The molecule has 2 nitrogen and oxygen atoms in total. The average Bonchev–Trinajstić information content (AvgIpc) is 2.26. The van der Waals surface area contributed by atoms with E-state index in [9.17, 15) is 0 Å². The summed E-state index contributed by atoms with van der Waals surface area (Å²) in [7, 11) is 0. The second-order valence-electron chi connectivity index (χ2n) is 3.63. The molecule has 2 aromatic carbocycles. The molecule has 3 aromatic rings. The average molecular weight is 221 g/mol. The Hall–Kier alpha value is -1.32. The van der Waals surface area contributed by atoms with E-state index in [1.807, 2.05) is 36.4 Å². The smallest absolute Gasteiger partial charge is 1.00 e. The Labute approximate surface area is 113 Å². The maximum absolute atomic E-state index is 5.74. The van der Waals surface area contributed by atoms with Gasteiger partial charge in [-0.05, 0) is 30.3 Å². The van der Waals surface area contributed by atoms with Crippen molar-refractivity contribution in [3.8, 4) is 0 Å². The van der Waals surface area contributed by atoms with Crippen LogP contribution in [0.4, 0.5) is 5.69 Å². The summed E-state index contributed by atoms with van der Waals surface area (Å²) >= 11 is 0. The van der Waals surface area contributed by atoms with Crippen LogP contribution in [0.25, 0.3) is 21.8 Å². The third-order valence-electron chi connectivity index (χ3n) is 2.54. The van der Waals surface area contributed by atoms with E-state index in [0.717, 1.165) is 27.5 Å². The van der Waals surface area contributed by atoms with Crippen LogP contribution in [0.2, 0.25) is 0 Å². The van der Waals surface area contributed by atoms with Gasteiger partial charge in [0.1, 0.15) is 0 Å². The van der Waals surface area contributed by atoms with Crippen LogP contribution in [0, 0.1) is 0 Å². The van der Waals surface area contributed by atoms with Crippen molar-refractivity contribution in [1.82, 2.24) is 4.98 Å². The molecular weight excluding hydrogens is 208 g/mol. The minimum Gasteiger partial charge on any atom is -1.00 e. The minimum atomic E-state index is 0. The van der Waals surface area contributed by atoms with E-state index < -0.39 is 0 Å². The zero-order valence-corrected chi connectivity index (χ0v) is 10.3. The van der Waals surface area contributed by atoms with E-state index in [4.69, 9.17) is 5.73 Å². The molecule has 0 atom stereocenters. The second kappa shape index (κ2) is 4.27. The summed E-state index contributed by atoms with van der Waals surface area (Å²) in [4.78, 5) is 4.56. The van der Waals surface area contributed by atoms with Gasteiger partial charge in [0.25, 0.3) is 0 Å². The van der Waals surface area contributed by atoms with Crippen molar-refractivity contribution < 1.29 is 2.85 Å². The summed E-state index contributed by atoms with van der Waals surface area (Å²) in [6.07, 6.45) is 0. The first-order valence-corrected chi connectivity index (χ1v) is 4.88. The Balaban J connectivity index is 0.000000963. The van der Waals surface area contributed by atoms with Gasteiger partial charge >= 0.3 is 23.1 Å². The van der Waals surface area contributed by atoms with Gasteiger partial charge in [0.05, 0.1) is 11.0 Å². The molecule has 0 spiro atoms. The molecule has 0 saturated carbocycles. The molecule has 1 heterocycles. The molecular formula is C13H12MgN2. The first-order chi connectivity index (χ1) is 7.33. The molecule has 0 amide bonds. The number of hydrogen-bond acceptors (Lipinski definition) is 2. The van der Waals surface area contributed by atoms with Gasteiger partial charge in [-0.2, -0.15) is 0 Å². The van der Waals surface area contributed by atoms with Gasteiger partial charge in [-0.25, -0.2) is 4.98 Å². The fourth-order valence-corrected chi connectivity index (χ4v) is 1.80. The Morgan fingerprint density at radius 1 is 0.875 bits per heavy atom. The Morgan fingerprint density at radius 2 is 1.62 bits per heavy atom. The van der Waals surface area contributed by atoms with Gasteiger partial charge in [-0.15, -0.1) is 0 Å². The van der Waals surface area contributed by atoms with Crippen LogP contribution in [-0.2, 0) is 0 Å². The zero-order valence-electron chi connectivity index (χ0n) is 10.9. The van der Waals surface area contributed by atoms with E-state index in [1.165, 1.54) is 0 Å². The summed E-state index contributed by atoms with van der Waals surface area (Å²) < 4.78 is 0. The molecule has 0 fully saturated rings. The quantitative estimate of drug-likeness (QED) is 0.359. The number of anilines is 1. The van der Waals surface area contributed by atoms with Crippen molar-refractivity contribution >= 4 is 50.5 Å². The van der Waals surface area contributed by atoms with Crippen molar-refractivity contribution in [3.63, 3.8) is 0 Å². The molecule has 0 saturated heterocycles. The summed E-state index contributed by atoms with van der Waals surface area (Å²) in [6.45, 7) is 0. The van der Waals surface area contributed by atoms with Crippen LogP contribution in [0.15, 0.2) is 48.5 Å². The standard InChI is InChI=1S/C13H10N2.Mg.2H/c14-11-5-6-13-10(8-11)7-9-3-1-2-4-12(9)15-13;;;/h1-8H,14H2;;;/q;+2;2*-1. The molecule has 16 heavy (non-hydrogen) atoms. The fraction of sp³-hybridized carbons (Fsp3) is 0. The predicted molar refractivity (Wildman–Crippen MR) is 71.6 cm³/mol. The molecule has 2 N–H and O–H groups in total. The number of rotatable bonds is 0. The molecule has 0 aliphatic heterocycles. The van der Waals surface area contributed by atoms with Crippen LogP contribution in [0.5, 0.6) is 0 Å². The number of nitrogens with zero attached hydrogens (tertiary/aromatic N) is 1. The van der Waals surface area contributed by atoms with E-state index in [0.29, 0.717) is 0 Å². The largest absolute Gasteiger partial charge is 2.00 e. The molecule has 0 unspecified atom stereocenters. The number of benzene rings is 2.